The van der Waals surface area contributed by atoms with Gasteiger partial charge in [0.1, 0.15) is 23.3 Å². The Hall–Kier alpha value is -2.51. The second-order valence-corrected chi connectivity index (χ2v) is 7.32. The molecular weight excluding hydrogens is 334 g/mol. The van der Waals surface area contributed by atoms with Crippen molar-refractivity contribution in [3.8, 4) is 12.1 Å². The molecule has 0 fully saturated rings. The minimum atomic E-state index is -0.379. The number of carbonyl (C=O) groups is 1. The first kappa shape index (κ1) is 18.8. The van der Waals surface area contributed by atoms with Crippen LogP contribution in [-0.4, -0.2) is 17.7 Å². The first-order valence-electron chi connectivity index (χ1n) is 8.33. The summed E-state index contributed by atoms with van der Waals surface area (Å²) < 4.78 is 0. The van der Waals surface area contributed by atoms with Crippen molar-refractivity contribution >= 4 is 23.5 Å². The molecule has 2 rings (SSSR count). The molecule has 1 aliphatic rings. The molecule has 130 valence electrons. The van der Waals surface area contributed by atoms with Crippen LogP contribution >= 0.6 is 11.8 Å². The molecule has 0 aromatic carbocycles. The van der Waals surface area contributed by atoms with E-state index in [1.807, 2.05) is 12.1 Å². The van der Waals surface area contributed by atoms with E-state index in [-0.39, 0.29) is 22.5 Å². The summed E-state index contributed by atoms with van der Waals surface area (Å²) in [6.07, 6.45) is 7.94. The number of rotatable bonds is 6. The van der Waals surface area contributed by atoms with Gasteiger partial charge >= 0.3 is 0 Å². The van der Waals surface area contributed by atoms with Crippen molar-refractivity contribution in [2.24, 2.45) is 0 Å². The fourth-order valence-corrected chi connectivity index (χ4v) is 3.61. The van der Waals surface area contributed by atoms with Crippen molar-refractivity contribution in [1.29, 1.82) is 10.5 Å². The number of anilines is 1. The Bertz CT molecular complexity index is 760. The number of nitrogens with two attached hydrogens (primary N) is 1. The maximum absolute atomic E-state index is 12.3. The van der Waals surface area contributed by atoms with Gasteiger partial charge in [0.2, 0.25) is 5.91 Å². The number of carbonyl (C=O) groups excluding carboxylic acids is 1. The molecule has 4 N–H and O–H groups in total. The summed E-state index contributed by atoms with van der Waals surface area (Å²) >= 11 is 1.23. The van der Waals surface area contributed by atoms with Gasteiger partial charge in [0.15, 0.2) is 5.03 Å². The Morgan fingerprint density at radius 2 is 2.16 bits per heavy atom. The molecule has 1 aromatic rings. The highest BCUT2D eigenvalue weighted by Crippen LogP contribution is 2.25. The first-order chi connectivity index (χ1) is 12.0. The Labute approximate surface area is 152 Å². The van der Waals surface area contributed by atoms with Crippen LogP contribution in [0, 0.1) is 22.7 Å². The molecule has 7 heteroatoms. The van der Waals surface area contributed by atoms with Crippen molar-refractivity contribution in [2.75, 3.05) is 12.3 Å². The molecular formula is C18H22N5OS+. The number of hydrogen-bond acceptors (Lipinski definition) is 5. The van der Waals surface area contributed by atoms with Gasteiger partial charge in [-0.2, -0.15) is 10.5 Å². The lowest BCUT2D eigenvalue weighted by Gasteiger charge is -2.14. The highest BCUT2D eigenvalue weighted by molar-refractivity contribution is 8.00. The molecule has 0 radical (unpaired) electrons. The minimum Gasteiger partial charge on any atom is -0.355 e. The van der Waals surface area contributed by atoms with E-state index in [0.29, 0.717) is 17.1 Å². The van der Waals surface area contributed by atoms with Crippen LogP contribution in [0.3, 0.4) is 0 Å². The van der Waals surface area contributed by atoms with Crippen molar-refractivity contribution < 1.29 is 9.78 Å². The highest BCUT2D eigenvalue weighted by atomic mass is 32.2. The maximum Gasteiger partial charge on any atom is 0.289 e. The van der Waals surface area contributed by atoms with Crippen LogP contribution in [0.5, 0.6) is 0 Å². The van der Waals surface area contributed by atoms with Crippen LogP contribution < -0.4 is 16.0 Å². The molecule has 0 bridgehead atoms. The molecule has 1 atom stereocenters. The average molecular weight is 356 g/mol. The van der Waals surface area contributed by atoms with Gasteiger partial charge in [-0.05, 0) is 45.1 Å². The molecule has 1 heterocycles. The van der Waals surface area contributed by atoms with Crippen molar-refractivity contribution in [3.63, 3.8) is 0 Å². The molecule has 6 nitrogen and oxygen atoms in total. The summed E-state index contributed by atoms with van der Waals surface area (Å²) in [6, 6.07) is 5.40. The second-order valence-electron chi connectivity index (χ2n) is 5.97. The van der Waals surface area contributed by atoms with E-state index in [1.165, 1.54) is 36.2 Å². The number of aromatic nitrogens is 1. The minimum absolute atomic E-state index is 0.0818. The quantitative estimate of drug-likeness (QED) is 0.599. The molecule has 1 amide bonds. The Morgan fingerprint density at radius 1 is 1.40 bits per heavy atom. The zero-order chi connectivity index (χ0) is 18.2. The molecule has 0 unspecified atom stereocenters. The third-order valence-electron chi connectivity index (χ3n) is 4.11. The van der Waals surface area contributed by atoms with Crippen molar-refractivity contribution in [3.05, 3.63) is 28.8 Å². The van der Waals surface area contributed by atoms with Gasteiger partial charge in [0.25, 0.3) is 5.82 Å². The molecule has 0 spiro atoms. The summed E-state index contributed by atoms with van der Waals surface area (Å²) in [6.45, 7) is 2.41. The van der Waals surface area contributed by atoms with Crippen LogP contribution in [-0.2, 0) is 4.79 Å². The summed E-state index contributed by atoms with van der Waals surface area (Å²) in [5, 5.41) is 21.3. The van der Waals surface area contributed by atoms with Crippen LogP contribution in [0.25, 0.3) is 0 Å². The third-order valence-corrected chi connectivity index (χ3v) is 5.23. The number of pyridine rings is 1. The Kier molecular flexibility index (Phi) is 6.85. The number of nitrogen functional groups attached to an aromatic ring is 1. The number of nitriles is 2. The van der Waals surface area contributed by atoms with Crippen LogP contribution in [0.4, 0.5) is 5.82 Å². The third kappa shape index (κ3) is 5.23. The molecule has 0 aliphatic heterocycles. The van der Waals surface area contributed by atoms with E-state index >= 15 is 0 Å². The SMILES string of the molecule is C[C@H](Sc1[nH+]c(N)c(C#N)cc1C#N)C(=O)NCCC1=CCCCC1. The number of thioether (sulfide) groups is 1. The predicted molar refractivity (Wildman–Crippen MR) is 96.3 cm³/mol. The topological polar surface area (TPSA) is 117 Å². The largest absolute Gasteiger partial charge is 0.355 e. The van der Waals surface area contributed by atoms with E-state index in [9.17, 15) is 10.1 Å². The molecule has 25 heavy (non-hydrogen) atoms. The number of H-pyrrole nitrogens is 1. The fraction of sp³-hybridized carbons (Fsp3) is 0.444. The van der Waals surface area contributed by atoms with E-state index in [1.54, 1.807) is 6.92 Å². The smallest absolute Gasteiger partial charge is 0.289 e. The average Bonchev–Trinajstić information content (AvgIpc) is 2.62. The molecule has 0 saturated carbocycles. The summed E-state index contributed by atoms with van der Waals surface area (Å²) in [5.74, 6) is 0.113. The Balaban J connectivity index is 1.92. The molecule has 1 aliphatic carbocycles. The normalized spacial score (nSPS) is 14.8. The highest BCUT2D eigenvalue weighted by Gasteiger charge is 2.21. The van der Waals surface area contributed by atoms with Gasteiger partial charge < -0.3 is 5.32 Å². The van der Waals surface area contributed by atoms with Crippen molar-refractivity contribution in [1.82, 2.24) is 5.32 Å². The first-order valence-corrected chi connectivity index (χ1v) is 9.21. The van der Waals surface area contributed by atoms with Crippen LogP contribution in [0.15, 0.2) is 22.7 Å². The summed E-state index contributed by atoms with van der Waals surface area (Å²) in [5.41, 5.74) is 7.71. The van der Waals surface area contributed by atoms with E-state index in [2.05, 4.69) is 16.4 Å². The van der Waals surface area contributed by atoms with E-state index in [4.69, 9.17) is 11.0 Å². The van der Waals surface area contributed by atoms with Gasteiger partial charge in [-0.15, -0.1) is 0 Å². The van der Waals surface area contributed by atoms with Gasteiger partial charge in [-0.1, -0.05) is 23.4 Å². The van der Waals surface area contributed by atoms with Gasteiger partial charge in [0.05, 0.1) is 5.25 Å². The van der Waals surface area contributed by atoms with Gasteiger partial charge in [-0.3, -0.25) is 10.5 Å². The number of hydrogen-bond donors (Lipinski definition) is 2. The molecule has 1 aromatic heterocycles. The van der Waals surface area contributed by atoms with E-state index in [0.717, 1.165) is 19.3 Å². The number of nitrogens with one attached hydrogen (secondary N) is 2. The van der Waals surface area contributed by atoms with Crippen LogP contribution in [0.2, 0.25) is 0 Å². The zero-order valence-corrected chi connectivity index (χ0v) is 15.1. The number of nitrogens with zero attached hydrogens (tertiary/aromatic N) is 2. The summed E-state index contributed by atoms with van der Waals surface area (Å²) in [4.78, 5) is 15.1. The predicted octanol–water partition coefficient (Wildman–Crippen LogP) is 2.31. The van der Waals surface area contributed by atoms with Crippen LogP contribution in [0.1, 0.15) is 50.2 Å². The monoisotopic (exact) mass is 356 g/mol. The fourth-order valence-electron chi connectivity index (χ4n) is 2.67. The van der Waals surface area contributed by atoms with Gasteiger partial charge in [-0.25, -0.2) is 4.98 Å². The number of aromatic amines is 1. The standard InChI is InChI=1S/C18H21N5OS/c1-12(17(24)22-8-7-13-5-3-2-4-6-13)25-18-15(11-20)9-14(10-19)16(21)23-18/h5,9,12H,2-4,6-8H2,1H3,(H2,21,23)(H,22,24)/p+1/t12-/m0/s1. The summed E-state index contributed by atoms with van der Waals surface area (Å²) in [7, 11) is 0. The molecule has 0 saturated heterocycles. The maximum atomic E-state index is 12.3. The lowest BCUT2D eigenvalue weighted by atomic mass is 9.97. The number of amides is 1. The lowest BCUT2D eigenvalue weighted by Crippen LogP contribution is -2.32. The zero-order valence-electron chi connectivity index (χ0n) is 14.3. The van der Waals surface area contributed by atoms with Gasteiger partial charge in [0, 0.05) is 6.54 Å². The lowest BCUT2D eigenvalue weighted by molar-refractivity contribution is -0.410. The van der Waals surface area contributed by atoms with E-state index < -0.39 is 0 Å². The van der Waals surface area contributed by atoms with Crippen molar-refractivity contribution in [2.45, 2.75) is 49.3 Å². The number of allylic oxidation sites excluding steroid dienone is 1. The second kappa shape index (κ2) is 9.10. The Morgan fingerprint density at radius 3 is 2.80 bits per heavy atom.